The van der Waals surface area contributed by atoms with Crippen molar-refractivity contribution < 1.29 is 9.13 Å². The first-order valence-corrected chi connectivity index (χ1v) is 11.0. The lowest BCUT2D eigenvalue weighted by Gasteiger charge is -2.34. The fourth-order valence-corrected chi connectivity index (χ4v) is 4.40. The number of guanidine groups is 1. The first kappa shape index (κ1) is 22.0. The average Bonchev–Trinajstić information content (AvgIpc) is 3.23. The molecule has 0 atom stereocenters. The Morgan fingerprint density at radius 1 is 1.21 bits per heavy atom. The van der Waals surface area contributed by atoms with Gasteiger partial charge in [-0.15, -0.1) is 0 Å². The second kappa shape index (κ2) is 10.9. The zero-order chi connectivity index (χ0) is 20.6. The smallest absolute Gasteiger partial charge is 0.193 e. The van der Waals surface area contributed by atoms with Crippen LogP contribution in [0, 0.1) is 11.7 Å². The molecule has 6 heteroatoms. The quantitative estimate of drug-likeness (QED) is 0.556. The van der Waals surface area contributed by atoms with Crippen molar-refractivity contribution >= 4 is 5.96 Å². The van der Waals surface area contributed by atoms with Gasteiger partial charge in [-0.3, -0.25) is 4.99 Å². The topological polar surface area (TPSA) is 40.1 Å². The molecule has 0 aromatic heterocycles. The second-order valence-electron chi connectivity index (χ2n) is 8.73. The molecule has 2 fully saturated rings. The fourth-order valence-electron chi connectivity index (χ4n) is 4.40. The summed E-state index contributed by atoms with van der Waals surface area (Å²) in [4.78, 5) is 8.74. The number of hydrogen-bond donors (Lipinski definition) is 1. The fraction of sp³-hybridized carbons (Fsp3) is 0.696. The van der Waals surface area contributed by atoms with Crippen molar-refractivity contribution in [2.75, 3.05) is 40.8 Å². The summed E-state index contributed by atoms with van der Waals surface area (Å²) >= 11 is 0. The molecule has 1 saturated carbocycles. The largest absolute Gasteiger partial charge is 0.378 e. The van der Waals surface area contributed by atoms with Crippen molar-refractivity contribution in [1.29, 1.82) is 0 Å². The molecule has 0 unspecified atom stereocenters. The summed E-state index contributed by atoms with van der Waals surface area (Å²) < 4.78 is 20.2. The van der Waals surface area contributed by atoms with E-state index in [4.69, 9.17) is 4.74 Å². The lowest BCUT2D eigenvalue weighted by atomic mass is 10.1. The summed E-state index contributed by atoms with van der Waals surface area (Å²) in [7, 11) is 5.73. The van der Waals surface area contributed by atoms with Gasteiger partial charge in [-0.2, -0.15) is 0 Å². The maximum Gasteiger partial charge on any atom is 0.193 e. The van der Waals surface area contributed by atoms with Gasteiger partial charge in [0.05, 0.1) is 6.10 Å². The summed E-state index contributed by atoms with van der Waals surface area (Å²) in [5.74, 6) is 1.56. The third kappa shape index (κ3) is 6.68. The van der Waals surface area contributed by atoms with Gasteiger partial charge in [-0.1, -0.05) is 18.9 Å². The zero-order valence-electron chi connectivity index (χ0n) is 18.3. The van der Waals surface area contributed by atoms with Crippen LogP contribution in [-0.2, 0) is 17.8 Å². The van der Waals surface area contributed by atoms with E-state index in [-0.39, 0.29) is 5.82 Å². The average molecular weight is 405 g/mol. The number of piperidine rings is 1. The van der Waals surface area contributed by atoms with Gasteiger partial charge in [0.1, 0.15) is 5.82 Å². The Balaban J connectivity index is 1.45. The first-order valence-electron chi connectivity index (χ1n) is 11.0. The predicted molar refractivity (Wildman–Crippen MR) is 116 cm³/mol. The van der Waals surface area contributed by atoms with Gasteiger partial charge in [0.15, 0.2) is 5.96 Å². The Hall–Kier alpha value is -1.66. The van der Waals surface area contributed by atoms with Crippen LogP contribution < -0.4 is 5.32 Å². The van der Waals surface area contributed by atoms with E-state index in [0.29, 0.717) is 19.2 Å². The maximum absolute atomic E-state index is 14.0. The van der Waals surface area contributed by atoms with E-state index in [2.05, 4.69) is 15.2 Å². The van der Waals surface area contributed by atoms with Crippen molar-refractivity contribution in [3.05, 3.63) is 35.1 Å². The van der Waals surface area contributed by atoms with Crippen molar-refractivity contribution in [3.8, 4) is 0 Å². The highest BCUT2D eigenvalue weighted by Crippen LogP contribution is 2.26. The highest BCUT2D eigenvalue weighted by atomic mass is 19.1. The number of ether oxygens (including phenoxy) is 1. The number of aliphatic imine (C=N–C) groups is 1. The molecule has 1 aromatic carbocycles. The van der Waals surface area contributed by atoms with Gasteiger partial charge in [-0.25, -0.2) is 4.39 Å². The van der Waals surface area contributed by atoms with Gasteiger partial charge in [0.25, 0.3) is 0 Å². The molecule has 3 rings (SSSR count). The van der Waals surface area contributed by atoms with Crippen LogP contribution in [0.1, 0.15) is 49.7 Å². The van der Waals surface area contributed by atoms with E-state index < -0.39 is 0 Å². The molecular formula is C23H37FN4O. The number of rotatable bonds is 7. The zero-order valence-corrected chi connectivity index (χ0v) is 18.3. The number of hydrogen-bond acceptors (Lipinski definition) is 3. The van der Waals surface area contributed by atoms with E-state index in [1.807, 2.05) is 38.2 Å². The Morgan fingerprint density at radius 2 is 1.93 bits per heavy atom. The summed E-state index contributed by atoms with van der Waals surface area (Å²) in [6.45, 7) is 4.11. The molecule has 0 radical (unpaired) electrons. The number of halogens is 1. The standard InChI is InChI=1S/C23H37FN4O/c1-25-23(26-15-19-8-9-22(24)20(14-19)16-27(2)3)28-12-10-21(11-13-28)29-17-18-6-4-5-7-18/h8-9,14,18,21H,4-7,10-13,15-17H2,1-3H3,(H,25,26). The van der Waals surface area contributed by atoms with Crippen LogP contribution in [0.3, 0.4) is 0 Å². The lowest BCUT2D eigenvalue weighted by molar-refractivity contribution is 0.00101. The summed E-state index contributed by atoms with van der Waals surface area (Å²) in [5.41, 5.74) is 1.80. The van der Waals surface area contributed by atoms with Gasteiger partial charge in [0, 0.05) is 45.4 Å². The van der Waals surface area contributed by atoms with Gasteiger partial charge >= 0.3 is 0 Å². The molecular weight excluding hydrogens is 367 g/mol. The molecule has 1 aliphatic heterocycles. The number of benzene rings is 1. The van der Waals surface area contributed by atoms with Crippen molar-refractivity contribution in [1.82, 2.24) is 15.1 Å². The summed E-state index contributed by atoms with van der Waals surface area (Å²) in [6, 6.07) is 5.35. The minimum atomic E-state index is -0.147. The molecule has 1 saturated heterocycles. The molecule has 29 heavy (non-hydrogen) atoms. The van der Waals surface area contributed by atoms with E-state index in [1.54, 1.807) is 6.07 Å². The van der Waals surface area contributed by atoms with E-state index in [0.717, 1.165) is 55.5 Å². The monoisotopic (exact) mass is 404 g/mol. The van der Waals surface area contributed by atoms with Crippen LogP contribution in [0.4, 0.5) is 4.39 Å². The second-order valence-corrected chi connectivity index (χ2v) is 8.73. The van der Waals surface area contributed by atoms with Crippen LogP contribution >= 0.6 is 0 Å². The third-order valence-corrected chi connectivity index (χ3v) is 6.04. The molecule has 1 aromatic rings. The Kier molecular flexibility index (Phi) is 8.30. The number of nitrogens with zero attached hydrogens (tertiary/aromatic N) is 3. The minimum Gasteiger partial charge on any atom is -0.378 e. The molecule has 0 amide bonds. The van der Waals surface area contributed by atoms with Gasteiger partial charge in [0.2, 0.25) is 0 Å². The normalized spacial score (nSPS) is 19.3. The Bertz CT molecular complexity index is 665. The molecule has 5 nitrogen and oxygen atoms in total. The van der Waals surface area contributed by atoms with Crippen molar-refractivity contribution in [3.63, 3.8) is 0 Å². The lowest BCUT2D eigenvalue weighted by Crippen LogP contribution is -2.46. The Labute approximate surface area is 175 Å². The highest BCUT2D eigenvalue weighted by Gasteiger charge is 2.23. The van der Waals surface area contributed by atoms with Crippen LogP contribution in [0.25, 0.3) is 0 Å². The number of likely N-dealkylation sites (tertiary alicyclic amines) is 1. The summed E-state index contributed by atoms with van der Waals surface area (Å²) in [5, 5.41) is 3.45. The minimum absolute atomic E-state index is 0.147. The molecule has 1 aliphatic carbocycles. The molecule has 0 spiro atoms. The molecule has 0 bridgehead atoms. The molecule has 1 heterocycles. The van der Waals surface area contributed by atoms with Crippen LogP contribution in [0.5, 0.6) is 0 Å². The van der Waals surface area contributed by atoms with Gasteiger partial charge < -0.3 is 19.9 Å². The SMILES string of the molecule is CN=C(NCc1ccc(F)c(CN(C)C)c1)N1CCC(OCC2CCCC2)CC1. The predicted octanol–water partition coefficient (Wildman–Crippen LogP) is 3.63. The maximum atomic E-state index is 14.0. The third-order valence-electron chi connectivity index (χ3n) is 6.04. The van der Waals surface area contributed by atoms with E-state index >= 15 is 0 Å². The van der Waals surface area contributed by atoms with Crippen LogP contribution in [0.2, 0.25) is 0 Å². The van der Waals surface area contributed by atoms with Crippen molar-refractivity contribution in [2.45, 2.75) is 57.7 Å². The van der Waals surface area contributed by atoms with E-state index in [1.165, 1.54) is 25.7 Å². The Morgan fingerprint density at radius 3 is 2.59 bits per heavy atom. The molecule has 2 aliphatic rings. The first-order chi connectivity index (χ1) is 14.0. The van der Waals surface area contributed by atoms with Crippen LogP contribution in [-0.4, -0.2) is 62.7 Å². The summed E-state index contributed by atoms with van der Waals surface area (Å²) in [6.07, 6.45) is 7.92. The van der Waals surface area contributed by atoms with Crippen LogP contribution in [0.15, 0.2) is 23.2 Å². The number of nitrogens with one attached hydrogen (secondary N) is 1. The molecule has 162 valence electrons. The van der Waals surface area contributed by atoms with E-state index in [9.17, 15) is 4.39 Å². The van der Waals surface area contributed by atoms with Crippen molar-refractivity contribution in [2.24, 2.45) is 10.9 Å². The highest BCUT2D eigenvalue weighted by molar-refractivity contribution is 5.79. The molecule has 1 N–H and O–H groups in total. The van der Waals surface area contributed by atoms with Gasteiger partial charge in [-0.05, 0) is 63.4 Å².